The lowest BCUT2D eigenvalue weighted by molar-refractivity contribution is -0.122. The van der Waals surface area contributed by atoms with Crippen LogP contribution in [0.3, 0.4) is 0 Å². The smallest absolute Gasteiger partial charge is 0.230 e. The Morgan fingerprint density at radius 2 is 1.79 bits per heavy atom. The lowest BCUT2D eigenvalue weighted by atomic mass is 10.1. The van der Waals surface area contributed by atoms with Crippen molar-refractivity contribution in [1.82, 2.24) is 9.78 Å². The molecule has 0 radical (unpaired) electrons. The van der Waals surface area contributed by atoms with Crippen LogP contribution in [0.4, 0.5) is 11.5 Å². The van der Waals surface area contributed by atoms with Gasteiger partial charge in [-0.25, -0.2) is 13.1 Å². The zero-order valence-corrected chi connectivity index (χ0v) is 19.2. The Balaban J connectivity index is 1.44. The molecule has 1 saturated heterocycles. The molecule has 1 aromatic heterocycles. The van der Waals surface area contributed by atoms with E-state index in [0.717, 1.165) is 22.5 Å². The number of nitrogens with zero attached hydrogens (tertiary/aromatic N) is 3. The topological polar surface area (TPSA) is 101 Å². The second-order valence-electron chi connectivity index (χ2n) is 8.73. The van der Waals surface area contributed by atoms with Crippen LogP contribution in [0.25, 0.3) is 5.69 Å². The Hall–Kier alpha value is -3.46. The van der Waals surface area contributed by atoms with Crippen LogP contribution in [0.1, 0.15) is 28.8 Å². The summed E-state index contributed by atoms with van der Waals surface area (Å²) in [4.78, 5) is 27.6. The molecule has 1 atom stereocenters. The van der Waals surface area contributed by atoms with Crippen molar-refractivity contribution in [3.8, 4) is 5.69 Å². The minimum Gasteiger partial charge on any atom is -0.311 e. The number of aromatic nitrogens is 2. The normalized spacial score (nSPS) is 19.0. The molecule has 3 aromatic rings. The van der Waals surface area contributed by atoms with Crippen LogP contribution >= 0.6 is 0 Å². The van der Waals surface area contributed by atoms with E-state index in [4.69, 9.17) is 0 Å². The van der Waals surface area contributed by atoms with Crippen molar-refractivity contribution < 1.29 is 18.0 Å². The van der Waals surface area contributed by atoms with Crippen molar-refractivity contribution in [2.24, 2.45) is 5.92 Å². The number of fused-ring (bicyclic) bond motifs is 1. The molecule has 8 nitrogen and oxygen atoms in total. The summed E-state index contributed by atoms with van der Waals surface area (Å²) in [7, 11) is -3.29. The van der Waals surface area contributed by atoms with E-state index < -0.39 is 15.8 Å². The average Bonchev–Trinajstić information content (AvgIpc) is 3.39. The summed E-state index contributed by atoms with van der Waals surface area (Å²) in [5, 5.41) is 7.41. The fourth-order valence-corrected chi connectivity index (χ4v) is 5.94. The molecule has 33 heavy (non-hydrogen) atoms. The van der Waals surface area contributed by atoms with Gasteiger partial charge in [-0.05, 0) is 37.6 Å². The monoisotopic (exact) mass is 464 g/mol. The van der Waals surface area contributed by atoms with Crippen molar-refractivity contribution >= 4 is 33.2 Å². The molecule has 2 aromatic carbocycles. The van der Waals surface area contributed by atoms with Gasteiger partial charge in [0.15, 0.2) is 9.84 Å². The molecule has 1 fully saturated rings. The van der Waals surface area contributed by atoms with E-state index in [1.807, 2.05) is 62.4 Å². The number of para-hydroxylation sites is 1. The van der Waals surface area contributed by atoms with Crippen LogP contribution in [-0.4, -0.2) is 36.6 Å². The number of carbonyl (C=O) groups excluding carboxylic acids is 2. The highest BCUT2D eigenvalue weighted by atomic mass is 32.2. The summed E-state index contributed by atoms with van der Waals surface area (Å²) in [6.07, 6.45) is 0.0966. The summed E-state index contributed by atoms with van der Waals surface area (Å²) in [6.45, 7) is 4.17. The van der Waals surface area contributed by atoms with E-state index in [1.165, 1.54) is 0 Å². The van der Waals surface area contributed by atoms with Crippen LogP contribution in [0.15, 0.2) is 48.5 Å². The molecular weight excluding hydrogens is 440 g/mol. The first kappa shape index (κ1) is 21.4. The van der Waals surface area contributed by atoms with Gasteiger partial charge in [0.2, 0.25) is 11.8 Å². The standard InChI is InChI=1S/C24H24N4O4S/c1-15-7-9-18(10-8-15)28-23(19-13-33(31,32)14-20(19)26-28)25-24(30)17-11-22(29)27(12-17)21-6-4-3-5-16(21)2/h3-10,17H,11-14H2,1-2H3,(H,25,30). The first-order valence-corrected chi connectivity index (χ1v) is 12.6. The largest absolute Gasteiger partial charge is 0.311 e. The van der Waals surface area contributed by atoms with E-state index in [9.17, 15) is 18.0 Å². The highest BCUT2D eigenvalue weighted by Gasteiger charge is 2.38. The lowest BCUT2D eigenvalue weighted by Gasteiger charge is -2.19. The maximum absolute atomic E-state index is 13.2. The molecular formula is C24H24N4O4S. The predicted octanol–water partition coefficient (Wildman–Crippen LogP) is 2.91. The zero-order valence-electron chi connectivity index (χ0n) is 18.4. The Morgan fingerprint density at radius 3 is 2.52 bits per heavy atom. The molecule has 0 aliphatic carbocycles. The summed E-state index contributed by atoms with van der Waals surface area (Å²) in [5.74, 6) is -0.923. The minimum atomic E-state index is -3.29. The summed E-state index contributed by atoms with van der Waals surface area (Å²) < 4.78 is 26.0. The van der Waals surface area contributed by atoms with Crippen molar-refractivity contribution in [2.75, 3.05) is 16.8 Å². The fourth-order valence-electron chi connectivity index (χ4n) is 4.44. The Kier molecular flexibility index (Phi) is 5.08. The summed E-state index contributed by atoms with van der Waals surface area (Å²) in [5.41, 5.74) is 4.54. The average molecular weight is 465 g/mol. The van der Waals surface area contributed by atoms with E-state index in [1.54, 1.807) is 9.58 Å². The van der Waals surface area contributed by atoms with E-state index in [0.29, 0.717) is 17.1 Å². The molecule has 2 amide bonds. The fraction of sp³-hybridized carbons (Fsp3) is 0.292. The van der Waals surface area contributed by atoms with Gasteiger partial charge in [0, 0.05) is 24.2 Å². The number of nitrogens with one attached hydrogen (secondary N) is 1. The molecule has 2 aliphatic rings. The molecule has 5 rings (SSSR count). The number of anilines is 2. The molecule has 170 valence electrons. The zero-order chi connectivity index (χ0) is 23.3. The van der Waals surface area contributed by atoms with Crippen molar-refractivity contribution in [3.63, 3.8) is 0 Å². The van der Waals surface area contributed by atoms with Gasteiger partial charge >= 0.3 is 0 Å². The SMILES string of the molecule is Cc1ccc(-n2nc3c(c2NC(=O)C2CC(=O)N(c4ccccc4C)C2)CS(=O)(=O)C3)cc1. The first-order valence-electron chi connectivity index (χ1n) is 10.8. The molecule has 9 heteroatoms. The number of aryl methyl sites for hydroxylation is 2. The van der Waals surface area contributed by atoms with Crippen molar-refractivity contribution in [1.29, 1.82) is 0 Å². The lowest BCUT2D eigenvalue weighted by Crippen LogP contribution is -2.29. The van der Waals surface area contributed by atoms with Crippen LogP contribution < -0.4 is 10.2 Å². The van der Waals surface area contributed by atoms with E-state index in [-0.39, 0.29) is 36.3 Å². The second-order valence-corrected chi connectivity index (χ2v) is 10.8. The third-order valence-corrected chi connectivity index (χ3v) is 7.65. The van der Waals surface area contributed by atoms with Gasteiger partial charge in [-0.15, -0.1) is 0 Å². The quantitative estimate of drug-likeness (QED) is 0.640. The molecule has 0 bridgehead atoms. The number of hydrogen-bond acceptors (Lipinski definition) is 5. The minimum absolute atomic E-state index is 0.0966. The summed E-state index contributed by atoms with van der Waals surface area (Å²) in [6, 6.07) is 15.2. The highest BCUT2D eigenvalue weighted by Crippen LogP contribution is 2.34. The van der Waals surface area contributed by atoms with Gasteiger partial charge in [0.1, 0.15) is 5.82 Å². The van der Waals surface area contributed by atoms with Crippen LogP contribution in [0.2, 0.25) is 0 Å². The molecule has 1 N–H and O–H groups in total. The maximum atomic E-state index is 13.2. The third-order valence-electron chi connectivity index (χ3n) is 6.21. The van der Waals surface area contributed by atoms with Crippen molar-refractivity contribution in [2.45, 2.75) is 31.8 Å². The molecule has 0 spiro atoms. The molecule has 2 aliphatic heterocycles. The van der Waals surface area contributed by atoms with Gasteiger partial charge in [-0.2, -0.15) is 5.10 Å². The number of amides is 2. The van der Waals surface area contributed by atoms with Crippen LogP contribution in [-0.2, 0) is 30.9 Å². The second kappa shape index (κ2) is 7.84. The Morgan fingerprint density at radius 1 is 1.06 bits per heavy atom. The Bertz CT molecular complexity index is 1380. The molecule has 1 unspecified atom stereocenters. The van der Waals surface area contributed by atoms with Crippen LogP contribution in [0, 0.1) is 19.8 Å². The number of carbonyl (C=O) groups is 2. The highest BCUT2D eigenvalue weighted by molar-refractivity contribution is 7.90. The number of hydrogen-bond donors (Lipinski definition) is 1. The van der Waals surface area contributed by atoms with Crippen molar-refractivity contribution in [3.05, 3.63) is 70.9 Å². The van der Waals surface area contributed by atoms with E-state index >= 15 is 0 Å². The number of rotatable bonds is 4. The number of sulfone groups is 1. The van der Waals surface area contributed by atoms with Gasteiger partial charge < -0.3 is 10.2 Å². The van der Waals surface area contributed by atoms with Gasteiger partial charge in [0.05, 0.1) is 28.8 Å². The van der Waals surface area contributed by atoms with Gasteiger partial charge in [-0.3, -0.25) is 9.59 Å². The third kappa shape index (κ3) is 3.93. The molecule has 3 heterocycles. The maximum Gasteiger partial charge on any atom is 0.230 e. The van der Waals surface area contributed by atoms with E-state index in [2.05, 4.69) is 10.4 Å². The Labute approximate surface area is 192 Å². The summed E-state index contributed by atoms with van der Waals surface area (Å²) >= 11 is 0. The first-order chi connectivity index (χ1) is 15.7. The number of benzene rings is 2. The van der Waals surface area contributed by atoms with Gasteiger partial charge in [-0.1, -0.05) is 35.9 Å². The van der Waals surface area contributed by atoms with Crippen LogP contribution in [0.5, 0.6) is 0 Å². The predicted molar refractivity (Wildman–Crippen MR) is 125 cm³/mol. The van der Waals surface area contributed by atoms with Gasteiger partial charge in [0.25, 0.3) is 0 Å². The molecule has 0 saturated carbocycles.